The molecule has 0 fully saturated rings. The number of nitrogens with zero attached hydrogens (tertiary/aromatic N) is 1. The monoisotopic (exact) mass is 282 g/mol. The molecule has 0 spiro atoms. The molecule has 21 heavy (non-hydrogen) atoms. The first kappa shape index (κ1) is 13.6. The van der Waals surface area contributed by atoms with Crippen LogP contribution in [0.5, 0.6) is 5.75 Å². The number of furan rings is 1. The minimum Gasteiger partial charge on any atom is -0.486 e. The third-order valence-electron chi connectivity index (χ3n) is 3.38. The van der Waals surface area contributed by atoms with Crippen molar-refractivity contribution in [1.29, 1.82) is 0 Å². The first-order valence-corrected chi connectivity index (χ1v) is 6.97. The minimum atomic E-state index is 0.474. The van der Waals surface area contributed by atoms with Crippen LogP contribution in [0.25, 0.3) is 10.9 Å². The Balaban J connectivity index is 1.85. The highest BCUT2D eigenvalue weighted by atomic mass is 16.5. The first-order valence-electron chi connectivity index (χ1n) is 6.97. The van der Waals surface area contributed by atoms with Crippen LogP contribution in [0.15, 0.2) is 47.1 Å². The summed E-state index contributed by atoms with van der Waals surface area (Å²) >= 11 is 0. The van der Waals surface area contributed by atoms with Gasteiger partial charge in [0.2, 0.25) is 0 Å². The fourth-order valence-electron chi connectivity index (χ4n) is 2.30. The molecule has 0 atom stereocenters. The van der Waals surface area contributed by atoms with Crippen LogP contribution in [0.2, 0.25) is 0 Å². The molecule has 0 aliphatic rings. The molecule has 4 nitrogen and oxygen atoms in total. The maximum absolute atomic E-state index is 5.96. The van der Waals surface area contributed by atoms with Gasteiger partial charge in [0.15, 0.2) is 0 Å². The number of aromatic nitrogens is 1. The minimum absolute atomic E-state index is 0.474. The van der Waals surface area contributed by atoms with E-state index in [2.05, 4.69) is 16.4 Å². The van der Waals surface area contributed by atoms with E-state index in [1.54, 1.807) is 6.26 Å². The van der Waals surface area contributed by atoms with Gasteiger partial charge in [-0.25, -0.2) is 4.98 Å². The molecule has 0 aliphatic carbocycles. The van der Waals surface area contributed by atoms with Crippen LogP contribution in [0.4, 0.5) is 0 Å². The van der Waals surface area contributed by atoms with Gasteiger partial charge in [-0.3, -0.25) is 0 Å². The summed E-state index contributed by atoms with van der Waals surface area (Å²) in [6, 6.07) is 12.0. The molecule has 0 aliphatic heterocycles. The van der Waals surface area contributed by atoms with Crippen molar-refractivity contribution in [2.45, 2.75) is 20.1 Å². The van der Waals surface area contributed by atoms with Crippen LogP contribution >= 0.6 is 0 Å². The van der Waals surface area contributed by atoms with Gasteiger partial charge in [-0.05, 0) is 32.2 Å². The third kappa shape index (κ3) is 2.90. The molecule has 0 unspecified atom stereocenters. The van der Waals surface area contributed by atoms with Gasteiger partial charge in [-0.1, -0.05) is 18.2 Å². The van der Waals surface area contributed by atoms with Crippen molar-refractivity contribution in [1.82, 2.24) is 10.3 Å². The van der Waals surface area contributed by atoms with E-state index in [0.717, 1.165) is 33.7 Å². The molecule has 0 saturated heterocycles. The molecule has 108 valence electrons. The van der Waals surface area contributed by atoms with Crippen LogP contribution in [0.1, 0.15) is 17.0 Å². The first-order chi connectivity index (χ1) is 10.3. The summed E-state index contributed by atoms with van der Waals surface area (Å²) in [5.74, 6) is 1.70. The Morgan fingerprint density at radius 1 is 1.19 bits per heavy atom. The zero-order valence-electron chi connectivity index (χ0n) is 12.2. The van der Waals surface area contributed by atoms with E-state index in [9.17, 15) is 0 Å². The summed E-state index contributed by atoms with van der Waals surface area (Å²) < 4.78 is 11.4. The second kappa shape index (κ2) is 5.97. The van der Waals surface area contributed by atoms with Crippen LogP contribution < -0.4 is 10.1 Å². The van der Waals surface area contributed by atoms with Crippen LogP contribution in [0, 0.1) is 6.92 Å². The number of nitrogens with one attached hydrogen (secondary N) is 1. The smallest absolute Gasteiger partial charge is 0.146 e. The highest BCUT2D eigenvalue weighted by Gasteiger charge is 2.08. The number of aryl methyl sites for hydroxylation is 1. The van der Waals surface area contributed by atoms with Crippen molar-refractivity contribution in [2.24, 2.45) is 0 Å². The number of fused-ring (bicyclic) bond motifs is 1. The highest BCUT2D eigenvalue weighted by Crippen LogP contribution is 2.25. The number of hydrogen-bond acceptors (Lipinski definition) is 4. The third-order valence-corrected chi connectivity index (χ3v) is 3.38. The average molecular weight is 282 g/mol. The maximum Gasteiger partial charge on any atom is 0.146 e. The zero-order valence-corrected chi connectivity index (χ0v) is 12.2. The van der Waals surface area contributed by atoms with E-state index in [-0.39, 0.29) is 0 Å². The van der Waals surface area contributed by atoms with Crippen molar-refractivity contribution in [3.8, 4) is 5.75 Å². The molecule has 2 aromatic heterocycles. The van der Waals surface area contributed by atoms with Crippen molar-refractivity contribution >= 4 is 10.9 Å². The van der Waals surface area contributed by atoms with E-state index in [1.165, 1.54) is 0 Å². The molecule has 0 radical (unpaired) electrons. The van der Waals surface area contributed by atoms with Gasteiger partial charge >= 0.3 is 0 Å². The molecular formula is C17H18N2O2. The second-order valence-electron chi connectivity index (χ2n) is 4.97. The van der Waals surface area contributed by atoms with Gasteiger partial charge in [0.05, 0.1) is 12.8 Å². The topological polar surface area (TPSA) is 47.3 Å². The largest absolute Gasteiger partial charge is 0.486 e. The van der Waals surface area contributed by atoms with Gasteiger partial charge in [0, 0.05) is 16.6 Å². The van der Waals surface area contributed by atoms with Crippen molar-refractivity contribution in [2.75, 3.05) is 7.05 Å². The van der Waals surface area contributed by atoms with Crippen molar-refractivity contribution < 1.29 is 9.15 Å². The van der Waals surface area contributed by atoms with Gasteiger partial charge < -0.3 is 14.5 Å². The summed E-state index contributed by atoms with van der Waals surface area (Å²) in [6.07, 6.45) is 1.69. The van der Waals surface area contributed by atoms with Gasteiger partial charge in [-0.15, -0.1) is 0 Å². The molecule has 1 aromatic carbocycles. The molecule has 4 heteroatoms. The van der Waals surface area contributed by atoms with Crippen molar-refractivity contribution in [3.05, 3.63) is 59.7 Å². The van der Waals surface area contributed by atoms with Gasteiger partial charge in [0.1, 0.15) is 23.6 Å². The molecule has 0 saturated carbocycles. The fraction of sp³-hybridized carbons (Fsp3) is 0.235. The maximum atomic E-state index is 5.96. The molecule has 2 heterocycles. The highest BCUT2D eigenvalue weighted by molar-refractivity contribution is 5.84. The summed E-state index contributed by atoms with van der Waals surface area (Å²) in [4.78, 5) is 4.57. The quantitative estimate of drug-likeness (QED) is 0.778. The number of hydrogen-bond donors (Lipinski definition) is 1. The lowest BCUT2D eigenvalue weighted by Gasteiger charge is -2.09. The van der Waals surface area contributed by atoms with E-state index >= 15 is 0 Å². The zero-order chi connectivity index (χ0) is 14.7. The summed E-state index contributed by atoms with van der Waals surface area (Å²) in [6.45, 7) is 3.15. The van der Waals surface area contributed by atoms with Crippen molar-refractivity contribution in [3.63, 3.8) is 0 Å². The van der Waals surface area contributed by atoms with Gasteiger partial charge in [0.25, 0.3) is 0 Å². The Hall–Kier alpha value is -2.33. The Labute approximate surface area is 123 Å². The molecular weight excluding hydrogens is 264 g/mol. The normalized spacial score (nSPS) is 11.0. The van der Waals surface area contributed by atoms with Crippen LogP contribution in [0.3, 0.4) is 0 Å². The van der Waals surface area contributed by atoms with Crippen LogP contribution in [-0.4, -0.2) is 12.0 Å². The summed E-state index contributed by atoms with van der Waals surface area (Å²) in [7, 11) is 1.89. The lowest BCUT2D eigenvalue weighted by Crippen LogP contribution is -2.07. The predicted molar refractivity (Wildman–Crippen MR) is 82.3 cm³/mol. The van der Waals surface area contributed by atoms with Crippen LogP contribution in [-0.2, 0) is 13.2 Å². The number of rotatable bonds is 5. The lowest BCUT2D eigenvalue weighted by molar-refractivity contribution is 0.304. The van der Waals surface area contributed by atoms with Gasteiger partial charge in [-0.2, -0.15) is 0 Å². The SMILES string of the molecule is CNCc1occc1COc1cccc2ccc(C)nc12. The lowest BCUT2D eigenvalue weighted by atomic mass is 10.2. The fourth-order valence-corrected chi connectivity index (χ4v) is 2.30. The number of benzene rings is 1. The Morgan fingerprint density at radius 3 is 2.95 bits per heavy atom. The Kier molecular flexibility index (Phi) is 3.88. The molecule has 3 aromatic rings. The number of ether oxygens (including phenoxy) is 1. The predicted octanol–water partition coefficient (Wildman–Crippen LogP) is 3.43. The number of para-hydroxylation sites is 1. The number of pyridine rings is 1. The Bertz CT molecular complexity index is 749. The van der Waals surface area contributed by atoms with E-state index < -0.39 is 0 Å². The molecule has 1 N–H and O–H groups in total. The molecule has 0 bridgehead atoms. The summed E-state index contributed by atoms with van der Waals surface area (Å²) in [5, 5.41) is 4.17. The molecule has 0 amide bonds. The Morgan fingerprint density at radius 2 is 2.10 bits per heavy atom. The standard InChI is InChI=1S/C17H18N2O2/c1-12-6-7-13-4-3-5-15(17(13)19-12)21-11-14-8-9-20-16(14)10-18-2/h3-9,18H,10-11H2,1-2H3. The summed E-state index contributed by atoms with van der Waals surface area (Å²) in [5.41, 5.74) is 2.93. The second-order valence-corrected chi connectivity index (χ2v) is 4.97. The van der Waals surface area contributed by atoms with E-state index in [4.69, 9.17) is 9.15 Å². The molecule has 3 rings (SSSR count). The van der Waals surface area contributed by atoms with E-state index in [1.807, 2.05) is 44.3 Å². The van der Waals surface area contributed by atoms with E-state index in [0.29, 0.717) is 13.2 Å². The average Bonchev–Trinajstić information content (AvgIpc) is 2.93.